The molecule has 1 aromatic carbocycles. The topological polar surface area (TPSA) is 64.5 Å². The standard InChI is InChI=1S/C15H21N3O2/c1-18(7-8-19-10-11-5-6-11)9-14-17-15-12(16)3-2-4-13(15)20-14/h2-4,11H,5-10,16H2,1H3. The average molecular weight is 275 g/mol. The van der Waals surface area contributed by atoms with Crippen molar-refractivity contribution in [1.29, 1.82) is 0 Å². The van der Waals surface area contributed by atoms with E-state index in [2.05, 4.69) is 9.88 Å². The number of anilines is 1. The Morgan fingerprint density at radius 3 is 3.05 bits per heavy atom. The zero-order valence-electron chi connectivity index (χ0n) is 11.8. The third kappa shape index (κ3) is 3.29. The van der Waals surface area contributed by atoms with Crippen molar-refractivity contribution in [3.8, 4) is 0 Å². The van der Waals surface area contributed by atoms with E-state index < -0.39 is 0 Å². The molecule has 108 valence electrons. The van der Waals surface area contributed by atoms with Crippen LogP contribution in [0, 0.1) is 5.92 Å². The Morgan fingerprint density at radius 2 is 2.30 bits per heavy atom. The molecular formula is C15H21N3O2. The Balaban J connectivity index is 1.51. The summed E-state index contributed by atoms with van der Waals surface area (Å²) in [5.41, 5.74) is 8.04. The van der Waals surface area contributed by atoms with Gasteiger partial charge in [0.05, 0.1) is 18.8 Å². The molecule has 5 heteroatoms. The van der Waals surface area contributed by atoms with Gasteiger partial charge in [0, 0.05) is 13.2 Å². The summed E-state index contributed by atoms with van der Waals surface area (Å²) >= 11 is 0. The summed E-state index contributed by atoms with van der Waals surface area (Å²) in [6, 6.07) is 5.60. The van der Waals surface area contributed by atoms with Gasteiger partial charge in [-0.25, -0.2) is 4.98 Å². The van der Waals surface area contributed by atoms with E-state index in [-0.39, 0.29) is 0 Å². The van der Waals surface area contributed by atoms with E-state index in [4.69, 9.17) is 14.9 Å². The van der Waals surface area contributed by atoms with Gasteiger partial charge in [-0.2, -0.15) is 0 Å². The number of ether oxygens (including phenoxy) is 1. The SMILES string of the molecule is CN(CCOCC1CC1)Cc1nc2c(N)cccc2o1. The molecule has 3 rings (SSSR count). The molecule has 0 amide bonds. The first-order chi connectivity index (χ1) is 9.72. The van der Waals surface area contributed by atoms with E-state index in [0.717, 1.165) is 36.8 Å². The number of hydrogen-bond acceptors (Lipinski definition) is 5. The van der Waals surface area contributed by atoms with E-state index in [1.54, 1.807) is 0 Å². The third-order valence-corrected chi connectivity index (χ3v) is 3.57. The number of fused-ring (bicyclic) bond motifs is 1. The Morgan fingerprint density at radius 1 is 1.45 bits per heavy atom. The summed E-state index contributed by atoms with van der Waals surface area (Å²) in [4.78, 5) is 6.59. The predicted molar refractivity (Wildman–Crippen MR) is 78.3 cm³/mol. The number of oxazole rings is 1. The summed E-state index contributed by atoms with van der Waals surface area (Å²) in [6.45, 7) is 3.21. The molecule has 0 radical (unpaired) electrons. The van der Waals surface area contributed by atoms with Gasteiger partial charge in [0.25, 0.3) is 0 Å². The lowest BCUT2D eigenvalue weighted by molar-refractivity contribution is 0.0997. The Hall–Kier alpha value is -1.59. The molecule has 0 atom stereocenters. The summed E-state index contributed by atoms with van der Waals surface area (Å²) in [7, 11) is 2.04. The van der Waals surface area contributed by atoms with E-state index in [1.165, 1.54) is 12.8 Å². The van der Waals surface area contributed by atoms with Gasteiger partial charge < -0.3 is 14.9 Å². The summed E-state index contributed by atoms with van der Waals surface area (Å²) in [5.74, 6) is 1.52. The number of rotatable bonds is 7. The molecule has 1 heterocycles. The fourth-order valence-electron chi connectivity index (χ4n) is 2.15. The van der Waals surface area contributed by atoms with Gasteiger partial charge in [-0.3, -0.25) is 4.90 Å². The second-order valence-electron chi connectivity index (χ2n) is 5.56. The second kappa shape index (κ2) is 5.81. The summed E-state index contributed by atoms with van der Waals surface area (Å²) in [5, 5.41) is 0. The molecule has 2 aromatic rings. The van der Waals surface area contributed by atoms with Crippen LogP contribution >= 0.6 is 0 Å². The largest absolute Gasteiger partial charge is 0.439 e. The highest BCUT2D eigenvalue weighted by Crippen LogP contribution is 2.28. The molecule has 1 aliphatic carbocycles. The minimum absolute atomic E-state index is 0.660. The number of nitrogen functional groups attached to an aromatic ring is 1. The zero-order chi connectivity index (χ0) is 13.9. The Bertz CT molecular complexity index is 578. The maximum Gasteiger partial charge on any atom is 0.209 e. The minimum Gasteiger partial charge on any atom is -0.439 e. The van der Waals surface area contributed by atoms with E-state index >= 15 is 0 Å². The lowest BCUT2D eigenvalue weighted by Gasteiger charge is -2.14. The maximum atomic E-state index is 5.88. The molecule has 1 saturated carbocycles. The lowest BCUT2D eigenvalue weighted by Crippen LogP contribution is -2.23. The molecule has 1 aromatic heterocycles. The maximum absolute atomic E-state index is 5.88. The molecule has 2 N–H and O–H groups in total. The van der Waals surface area contributed by atoms with Gasteiger partial charge in [-0.05, 0) is 37.9 Å². The van der Waals surface area contributed by atoms with Crippen LogP contribution in [0.2, 0.25) is 0 Å². The summed E-state index contributed by atoms with van der Waals surface area (Å²) in [6.07, 6.45) is 2.67. The van der Waals surface area contributed by atoms with Crippen LogP contribution in [0.4, 0.5) is 5.69 Å². The van der Waals surface area contributed by atoms with Gasteiger partial charge in [0.15, 0.2) is 5.58 Å². The number of nitrogens with zero attached hydrogens (tertiary/aromatic N) is 2. The van der Waals surface area contributed by atoms with E-state index in [1.807, 2.05) is 25.2 Å². The van der Waals surface area contributed by atoms with Crippen molar-refractivity contribution in [3.63, 3.8) is 0 Å². The van der Waals surface area contributed by atoms with Crippen LogP contribution in [0.25, 0.3) is 11.1 Å². The van der Waals surface area contributed by atoms with Gasteiger partial charge in [-0.1, -0.05) is 6.07 Å². The van der Waals surface area contributed by atoms with Crippen LogP contribution in [-0.4, -0.2) is 36.7 Å². The van der Waals surface area contributed by atoms with Crippen molar-refractivity contribution < 1.29 is 9.15 Å². The molecule has 5 nitrogen and oxygen atoms in total. The molecular weight excluding hydrogens is 254 g/mol. The van der Waals surface area contributed by atoms with Crippen LogP contribution in [-0.2, 0) is 11.3 Å². The zero-order valence-corrected chi connectivity index (χ0v) is 11.8. The first-order valence-corrected chi connectivity index (χ1v) is 7.12. The normalized spacial score (nSPS) is 15.3. The monoisotopic (exact) mass is 275 g/mol. The van der Waals surface area contributed by atoms with Gasteiger partial charge in [0.1, 0.15) is 5.52 Å². The molecule has 0 spiro atoms. The fourth-order valence-corrected chi connectivity index (χ4v) is 2.15. The minimum atomic E-state index is 0.660. The molecule has 1 aliphatic rings. The van der Waals surface area contributed by atoms with Crippen molar-refractivity contribution in [1.82, 2.24) is 9.88 Å². The molecule has 20 heavy (non-hydrogen) atoms. The number of para-hydroxylation sites is 1. The molecule has 0 unspecified atom stereocenters. The quantitative estimate of drug-likeness (QED) is 0.620. The number of benzene rings is 1. The van der Waals surface area contributed by atoms with Crippen molar-refractivity contribution in [2.75, 3.05) is 32.5 Å². The first kappa shape index (κ1) is 13.4. The van der Waals surface area contributed by atoms with E-state index in [0.29, 0.717) is 18.1 Å². The fraction of sp³-hybridized carbons (Fsp3) is 0.533. The van der Waals surface area contributed by atoms with E-state index in [9.17, 15) is 0 Å². The number of aromatic nitrogens is 1. The van der Waals surface area contributed by atoms with Crippen molar-refractivity contribution in [2.24, 2.45) is 5.92 Å². The number of likely N-dealkylation sites (N-methyl/N-ethyl adjacent to an activating group) is 1. The van der Waals surface area contributed by atoms with Crippen molar-refractivity contribution in [3.05, 3.63) is 24.1 Å². The molecule has 0 aliphatic heterocycles. The van der Waals surface area contributed by atoms with Gasteiger partial charge in [-0.15, -0.1) is 0 Å². The van der Waals surface area contributed by atoms with Gasteiger partial charge >= 0.3 is 0 Å². The highest BCUT2D eigenvalue weighted by molar-refractivity contribution is 5.85. The Kier molecular flexibility index (Phi) is 3.89. The third-order valence-electron chi connectivity index (χ3n) is 3.57. The second-order valence-corrected chi connectivity index (χ2v) is 5.56. The van der Waals surface area contributed by atoms with Crippen LogP contribution in [0.1, 0.15) is 18.7 Å². The molecule has 1 fully saturated rings. The highest BCUT2D eigenvalue weighted by atomic mass is 16.5. The molecule has 0 saturated heterocycles. The smallest absolute Gasteiger partial charge is 0.209 e. The van der Waals surface area contributed by atoms with Crippen LogP contribution in [0.5, 0.6) is 0 Å². The van der Waals surface area contributed by atoms with Crippen molar-refractivity contribution in [2.45, 2.75) is 19.4 Å². The Labute approximate surface area is 118 Å². The number of nitrogens with two attached hydrogens (primary N) is 1. The first-order valence-electron chi connectivity index (χ1n) is 7.12. The highest BCUT2D eigenvalue weighted by Gasteiger charge is 2.21. The van der Waals surface area contributed by atoms with Crippen molar-refractivity contribution >= 4 is 16.8 Å². The van der Waals surface area contributed by atoms with Crippen LogP contribution < -0.4 is 5.73 Å². The van der Waals surface area contributed by atoms with Gasteiger partial charge in [0.2, 0.25) is 5.89 Å². The van der Waals surface area contributed by atoms with Crippen LogP contribution in [0.15, 0.2) is 22.6 Å². The number of hydrogen-bond donors (Lipinski definition) is 1. The lowest BCUT2D eigenvalue weighted by atomic mass is 10.3. The average Bonchev–Trinajstić information content (AvgIpc) is 3.15. The van der Waals surface area contributed by atoms with Crippen LogP contribution in [0.3, 0.4) is 0 Å². The predicted octanol–water partition coefficient (Wildman–Crippen LogP) is 2.27. The molecule has 0 bridgehead atoms. The summed E-state index contributed by atoms with van der Waals surface area (Å²) < 4.78 is 11.3.